The van der Waals surface area contributed by atoms with Crippen LogP contribution in [-0.2, 0) is 14.2 Å². The van der Waals surface area contributed by atoms with Crippen molar-refractivity contribution in [3.63, 3.8) is 0 Å². The first-order valence-electron chi connectivity index (χ1n) is 24.6. The SMILES string of the molecule is C.C.C1CCCCC1.C1CCOCC1.C1CCOCC1.C1CCOCC1.C1CCSCC1.CC.CC.CC.CC.CC.CC.CC.CCC.CCC.CCC. The van der Waals surface area contributed by atoms with E-state index in [-0.39, 0.29) is 14.9 Å². The summed E-state index contributed by atoms with van der Waals surface area (Å²) in [5.74, 6) is 2.83. The molecule has 0 aromatic rings. The standard InChI is InChI=1S/C6H12.3C5H10O.C5H10S.3C3H8.7C2H6.2CH4/c5*1-2-4-6-5-3-1;3*1-3-2;7*1-2;;/h1-6H2;4*1-5H2;3*3H2,1-2H3;7*1-2H3;2*1H4. The Labute approximate surface area is 364 Å². The van der Waals surface area contributed by atoms with E-state index in [0.717, 1.165) is 39.6 Å². The Morgan fingerprint density at radius 1 is 0.255 bits per heavy atom. The second-order valence-electron chi connectivity index (χ2n) is 10.9. The summed E-state index contributed by atoms with van der Waals surface area (Å²) < 4.78 is 15.2. The fraction of sp³-hybridized carbons (Fsp3) is 1.00. The fourth-order valence-corrected chi connectivity index (χ4v) is 4.83. The lowest BCUT2D eigenvalue weighted by Gasteiger charge is -2.08. The molecular weight excluding hydrogens is 693 g/mol. The van der Waals surface area contributed by atoms with Crippen LogP contribution in [0.3, 0.4) is 0 Å². The van der Waals surface area contributed by atoms with Gasteiger partial charge in [0, 0.05) is 39.6 Å². The maximum Gasteiger partial charge on any atom is 0.0466 e. The highest BCUT2D eigenvalue weighted by atomic mass is 32.2. The largest absolute Gasteiger partial charge is 0.381 e. The van der Waals surface area contributed by atoms with E-state index in [2.05, 4.69) is 53.3 Å². The summed E-state index contributed by atoms with van der Waals surface area (Å²) in [7, 11) is 0. The van der Waals surface area contributed by atoms with Gasteiger partial charge in [0.2, 0.25) is 0 Å². The molecule has 4 aliphatic heterocycles. The monoisotopic (exact) mass is 819 g/mol. The van der Waals surface area contributed by atoms with Gasteiger partial charge in [-0.15, -0.1) is 0 Å². The highest BCUT2D eigenvalue weighted by Gasteiger charge is 1.97. The van der Waals surface area contributed by atoms with Crippen molar-refractivity contribution >= 4 is 11.8 Å². The smallest absolute Gasteiger partial charge is 0.0466 e. The number of hydrogen-bond acceptors (Lipinski definition) is 4. The van der Waals surface area contributed by atoms with Crippen LogP contribution in [0.2, 0.25) is 0 Å². The molecule has 0 aromatic carbocycles. The lowest BCUT2D eigenvalue weighted by molar-refractivity contribution is 0.0967. The van der Waals surface area contributed by atoms with E-state index in [4.69, 9.17) is 14.2 Å². The summed E-state index contributed by atoms with van der Waals surface area (Å²) in [6.07, 6.45) is 28.9. The van der Waals surface area contributed by atoms with Crippen LogP contribution in [0.15, 0.2) is 0 Å². The minimum absolute atomic E-state index is 0. The molecule has 354 valence electrons. The molecule has 0 radical (unpaired) electrons. The van der Waals surface area contributed by atoms with Crippen molar-refractivity contribution in [2.45, 2.75) is 288 Å². The van der Waals surface area contributed by atoms with Crippen molar-refractivity contribution in [1.29, 1.82) is 0 Å². The Bertz CT molecular complexity index is 205. The predicted molar refractivity (Wildman–Crippen MR) is 274 cm³/mol. The molecule has 0 spiro atoms. The Morgan fingerprint density at radius 2 is 0.382 bits per heavy atom. The zero-order chi connectivity index (χ0) is 43.3. The van der Waals surface area contributed by atoms with Gasteiger partial charge in [-0.05, 0) is 82.1 Å². The lowest BCUT2D eigenvalue weighted by Crippen LogP contribution is -2.03. The van der Waals surface area contributed by atoms with Crippen molar-refractivity contribution < 1.29 is 14.2 Å². The molecule has 4 heteroatoms. The molecule has 5 fully saturated rings. The normalized spacial score (nSPS) is 14.8. The van der Waals surface area contributed by atoms with Crippen LogP contribution in [0, 0.1) is 0 Å². The molecule has 4 heterocycles. The zero-order valence-electron chi connectivity index (χ0n) is 42.1. The molecule has 55 heavy (non-hydrogen) atoms. The van der Waals surface area contributed by atoms with Gasteiger partial charge in [-0.3, -0.25) is 0 Å². The van der Waals surface area contributed by atoms with Gasteiger partial charge in [0.25, 0.3) is 0 Å². The molecular formula is C51H126O3S. The van der Waals surface area contributed by atoms with Crippen LogP contribution in [0.1, 0.15) is 288 Å². The minimum atomic E-state index is 0. The van der Waals surface area contributed by atoms with Crippen LogP contribution in [0.25, 0.3) is 0 Å². The second kappa shape index (κ2) is 139. The quantitative estimate of drug-likeness (QED) is 0.243. The van der Waals surface area contributed by atoms with Crippen LogP contribution in [0.5, 0.6) is 0 Å². The van der Waals surface area contributed by atoms with Gasteiger partial charge in [0.1, 0.15) is 0 Å². The molecule has 0 bridgehead atoms. The van der Waals surface area contributed by atoms with E-state index in [0.29, 0.717) is 0 Å². The lowest BCUT2D eigenvalue weighted by atomic mass is 10.0. The first kappa shape index (κ1) is 86.9. The maximum atomic E-state index is 5.07. The van der Waals surface area contributed by atoms with E-state index in [1.54, 1.807) is 0 Å². The van der Waals surface area contributed by atoms with Crippen LogP contribution in [0.4, 0.5) is 0 Å². The summed E-state index contributed by atoms with van der Waals surface area (Å²) in [5.41, 5.74) is 0. The molecule has 0 N–H and O–H groups in total. The topological polar surface area (TPSA) is 27.7 Å². The van der Waals surface area contributed by atoms with Crippen molar-refractivity contribution in [2.24, 2.45) is 0 Å². The van der Waals surface area contributed by atoms with Gasteiger partial charge in [0.05, 0.1) is 0 Å². The molecule has 3 nitrogen and oxygen atoms in total. The van der Waals surface area contributed by atoms with E-state index < -0.39 is 0 Å². The molecule has 4 saturated heterocycles. The Balaban J connectivity index is -0.0000000370. The number of hydrogen-bond donors (Lipinski definition) is 0. The first-order valence-corrected chi connectivity index (χ1v) is 25.7. The van der Waals surface area contributed by atoms with Crippen molar-refractivity contribution in [3.8, 4) is 0 Å². The molecule has 0 aromatic heterocycles. The summed E-state index contributed by atoms with van der Waals surface area (Å²) in [6, 6.07) is 0. The third-order valence-electron chi connectivity index (χ3n) is 5.81. The Hall–Kier alpha value is 0.230. The molecule has 1 aliphatic carbocycles. The van der Waals surface area contributed by atoms with Gasteiger partial charge in [-0.2, -0.15) is 11.8 Å². The second-order valence-corrected chi connectivity index (χ2v) is 12.2. The number of thioether (sulfide) groups is 1. The minimum Gasteiger partial charge on any atom is -0.381 e. The van der Waals surface area contributed by atoms with Crippen LogP contribution < -0.4 is 0 Å². The Morgan fingerprint density at radius 3 is 0.436 bits per heavy atom. The summed E-state index contributed by atoms with van der Waals surface area (Å²) in [6.45, 7) is 46.8. The molecule has 0 amide bonds. The summed E-state index contributed by atoms with van der Waals surface area (Å²) in [5, 5.41) is 0. The van der Waals surface area contributed by atoms with Crippen molar-refractivity contribution in [1.82, 2.24) is 0 Å². The van der Waals surface area contributed by atoms with Gasteiger partial charge in [-0.25, -0.2) is 0 Å². The van der Waals surface area contributed by atoms with Crippen molar-refractivity contribution in [3.05, 3.63) is 0 Å². The van der Waals surface area contributed by atoms with Gasteiger partial charge in [0.15, 0.2) is 0 Å². The average molecular weight is 820 g/mol. The van der Waals surface area contributed by atoms with Crippen LogP contribution >= 0.6 is 11.8 Å². The molecule has 5 aliphatic rings. The van der Waals surface area contributed by atoms with E-state index in [1.165, 1.54) is 146 Å². The Kier molecular flexibility index (Phi) is 220. The van der Waals surface area contributed by atoms with Gasteiger partial charge >= 0.3 is 0 Å². The molecule has 5 rings (SSSR count). The van der Waals surface area contributed by atoms with E-state index >= 15 is 0 Å². The molecule has 0 unspecified atom stereocenters. The number of rotatable bonds is 0. The zero-order valence-corrected chi connectivity index (χ0v) is 43.0. The van der Waals surface area contributed by atoms with Crippen LogP contribution in [-0.4, -0.2) is 51.1 Å². The third kappa shape index (κ3) is 162. The van der Waals surface area contributed by atoms with Gasteiger partial charge in [-0.1, -0.05) is 218 Å². The highest BCUT2D eigenvalue weighted by Crippen LogP contribution is 2.15. The predicted octanol–water partition coefficient (Wildman–Crippen LogP) is 20.5. The summed E-state index contributed by atoms with van der Waals surface area (Å²) in [4.78, 5) is 0. The fourth-order valence-electron chi connectivity index (χ4n) is 3.81. The van der Waals surface area contributed by atoms with E-state index in [1.807, 2.05) is 96.9 Å². The maximum absolute atomic E-state index is 5.07. The summed E-state index contributed by atoms with van der Waals surface area (Å²) >= 11 is 2.09. The van der Waals surface area contributed by atoms with Crippen molar-refractivity contribution in [2.75, 3.05) is 51.1 Å². The average Bonchev–Trinajstić information content (AvgIpc) is 3.30. The van der Waals surface area contributed by atoms with Gasteiger partial charge < -0.3 is 14.2 Å². The van der Waals surface area contributed by atoms with E-state index in [9.17, 15) is 0 Å². The highest BCUT2D eigenvalue weighted by molar-refractivity contribution is 7.99. The first-order chi connectivity index (χ1) is 26.2. The molecule has 0 atom stereocenters. The molecule has 1 saturated carbocycles. The number of ether oxygens (including phenoxy) is 3. The third-order valence-corrected chi connectivity index (χ3v) is 6.96.